The number of piperazine rings is 1. The van der Waals surface area contributed by atoms with Gasteiger partial charge in [-0.1, -0.05) is 30.3 Å². The largest absolute Gasteiger partial charge is 0.450 e. The summed E-state index contributed by atoms with van der Waals surface area (Å²) >= 11 is 0. The van der Waals surface area contributed by atoms with Crippen LogP contribution in [0, 0.1) is 5.92 Å². The fourth-order valence-corrected chi connectivity index (χ4v) is 4.15. The number of aliphatic imine (C=N–C) groups is 1. The number of nitrogens with zero attached hydrogens (tertiary/aromatic N) is 4. The molecular formula is C23H38IN5O2. The Bertz CT molecular complexity index is 680. The lowest BCUT2D eigenvalue weighted by molar-refractivity contribution is 0.0914. The van der Waals surface area contributed by atoms with Gasteiger partial charge in [0.1, 0.15) is 0 Å². The first kappa shape index (κ1) is 25.7. The van der Waals surface area contributed by atoms with Gasteiger partial charge in [0.25, 0.3) is 0 Å². The molecule has 1 aromatic rings. The molecule has 0 saturated carbocycles. The van der Waals surface area contributed by atoms with Gasteiger partial charge in [0, 0.05) is 52.4 Å². The van der Waals surface area contributed by atoms with Crippen LogP contribution in [0.15, 0.2) is 35.3 Å². The van der Waals surface area contributed by atoms with E-state index in [2.05, 4.69) is 52.4 Å². The predicted molar refractivity (Wildman–Crippen MR) is 136 cm³/mol. The molecule has 2 aliphatic rings. The van der Waals surface area contributed by atoms with Crippen LogP contribution < -0.4 is 5.32 Å². The summed E-state index contributed by atoms with van der Waals surface area (Å²) in [5.74, 6) is 1.60. The molecule has 0 radical (unpaired) electrons. The number of nitrogens with one attached hydrogen (secondary N) is 1. The molecule has 1 aromatic carbocycles. The topological polar surface area (TPSA) is 60.4 Å². The van der Waals surface area contributed by atoms with E-state index in [1.807, 2.05) is 6.92 Å². The van der Waals surface area contributed by atoms with E-state index >= 15 is 0 Å². The Morgan fingerprint density at radius 3 is 2.48 bits per heavy atom. The molecule has 1 unspecified atom stereocenters. The number of ether oxygens (including phenoxy) is 1. The van der Waals surface area contributed by atoms with Gasteiger partial charge in [0.2, 0.25) is 0 Å². The maximum absolute atomic E-state index is 11.9. The second-order valence-corrected chi connectivity index (χ2v) is 8.06. The second-order valence-electron chi connectivity index (χ2n) is 8.06. The van der Waals surface area contributed by atoms with Gasteiger partial charge in [-0.15, -0.1) is 24.0 Å². The Labute approximate surface area is 204 Å². The maximum atomic E-state index is 11.9. The fourth-order valence-electron chi connectivity index (χ4n) is 4.15. The molecule has 2 aliphatic heterocycles. The lowest BCUT2D eigenvalue weighted by Crippen LogP contribution is -2.54. The zero-order valence-electron chi connectivity index (χ0n) is 19.0. The van der Waals surface area contributed by atoms with Crippen LogP contribution in [0.5, 0.6) is 0 Å². The van der Waals surface area contributed by atoms with Gasteiger partial charge >= 0.3 is 6.09 Å². The highest BCUT2D eigenvalue weighted by atomic mass is 127. The van der Waals surface area contributed by atoms with Crippen molar-refractivity contribution in [2.45, 2.75) is 26.7 Å². The first-order chi connectivity index (χ1) is 14.7. The molecule has 0 bridgehead atoms. The quantitative estimate of drug-likeness (QED) is 0.326. The van der Waals surface area contributed by atoms with E-state index in [9.17, 15) is 4.79 Å². The van der Waals surface area contributed by atoms with Crippen LogP contribution in [0.2, 0.25) is 0 Å². The summed E-state index contributed by atoms with van der Waals surface area (Å²) in [6.07, 6.45) is 2.12. The smallest absolute Gasteiger partial charge is 0.409 e. The summed E-state index contributed by atoms with van der Waals surface area (Å²) in [6, 6.07) is 10.7. The molecular weight excluding hydrogens is 505 g/mol. The molecule has 7 nitrogen and oxygen atoms in total. The third-order valence-corrected chi connectivity index (χ3v) is 5.87. The van der Waals surface area contributed by atoms with Crippen molar-refractivity contribution < 1.29 is 9.53 Å². The number of benzene rings is 1. The average Bonchev–Trinajstić information content (AvgIpc) is 3.24. The van der Waals surface area contributed by atoms with Gasteiger partial charge in [-0.2, -0.15) is 0 Å². The predicted octanol–water partition coefficient (Wildman–Crippen LogP) is 2.91. The van der Waals surface area contributed by atoms with Crippen molar-refractivity contribution in [2.75, 3.05) is 65.5 Å². The molecule has 174 valence electrons. The molecule has 3 rings (SSSR count). The highest BCUT2D eigenvalue weighted by Crippen LogP contribution is 2.17. The van der Waals surface area contributed by atoms with Crippen LogP contribution in [-0.4, -0.2) is 92.3 Å². The second kappa shape index (κ2) is 13.8. The molecule has 2 saturated heterocycles. The van der Waals surface area contributed by atoms with Crippen molar-refractivity contribution in [3.63, 3.8) is 0 Å². The minimum Gasteiger partial charge on any atom is -0.450 e. The summed E-state index contributed by atoms with van der Waals surface area (Å²) < 4.78 is 5.12. The van der Waals surface area contributed by atoms with Crippen molar-refractivity contribution >= 4 is 36.0 Å². The van der Waals surface area contributed by atoms with E-state index in [-0.39, 0.29) is 30.1 Å². The standard InChI is InChI=1S/C23H37N5O2.HI/c1-3-24-22(27-14-16-28(17-15-27)23(29)30-4-2)25-18-21-11-13-26(19-21)12-10-20-8-6-5-7-9-20;/h5-9,21H,3-4,10-19H2,1-2H3,(H,24,25);1H. The third kappa shape index (κ3) is 8.14. The lowest BCUT2D eigenvalue weighted by atomic mass is 10.1. The molecule has 2 heterocycles. The van der Waals surface area contributed by atoms with Crippen LogP contribution in [0.25, 0.3) is 0 Å². The molecule has 0 aromatic heterocycles. The number of rotatable bonds is 7. The average molecular weight is 543 g/mol. The van der Waals surface area contributed by atoms with Gasteiger partial charge < -0.3 is 24.8 Å². The first-order valence-corrected chi connectivity index (χ1v) is 11.4. The van der Waals surface area contributed by atoms with E-state index in [1.54, 1.807) is 4.90 Å². The Kier molecular flexibility index (Phi) is 11.4. The lowest BCUT2D eigenvalue weighted by Gasteiger charge is -2.36. The molecule has 1 atom stereocenters. The Morgan fingerprint density at radius 2 is 1.81 bits per heavy atom. The molecule has 8 heteroatoms. The van der Waals surface area contributed by atoms with E-state index < -0.39 is 0 Å². The van der Waals surface area contributed by atoms with Gasteiger partial charge in [0.05, 0.1) is 6.61 Å². The summed E-state index contributed by atoms with van der Waals surface area (Å²) in [4.78, 5) is 23.5. The zero-order chi connectivity index (χ0) is 21.2. The molecule has 2 fully saturated rings. The third-order valence-electron chi connectivity index (χ3n) is 5.87. The number of carbonyl (C=O) groups excluding carboxylic acids is 1. The van der Waals surface area contributed by atoms with Crippen LogP contribution in [-0.2, 0) is 11.2 Å². The summed E-state index contributed by atoms with van der Waals surface area (Å²) in [5, 5.41) is 3.43. The van der Waals surface area contributed by atoms with E-state index in [0.717, 1.165) is 51.6 Å². The Morgan fingerprint density at radius 1 is 1.10 bits per heavy atom. The minimum atomic E-state index is -0.208. The first-order valence-electron chi connectivity index (χ1n) is 11.4. The van der Waals surface area contributed by atoms with Crippen LogP contribution in [0.3, 0.4) is 0 Å². The van der Waals surface area contributed by atoms with E-state index in [1.165, 1.54) is 18.5 Å². The zero-order valence-corrected chi connectivity index (χ0v) is 21.3. The normalized spacial score (nSPS) is 19.8. The van der Waals surface area contributed by atoms with Gasteiger partial charge in [-0.25, -0.2) is 4.79 Å². The highest BCUT2D eigenvalue weighted by molar-refractivity contribution is 14.0. The summed E-state index contributed by atoms with van der Waals surface area (Å²) in [6.45, 7) is 12.5. The number of hydrogen-bond donors (Lipinski definition) is 1. The van der Waals surface area contributed by atoms with Gasteiger partial charge in [-0.05, 0) is 44.7 Å². The number of hydrogen-bond acceptors (Lipinski definition) is 4. The monoisotopic (exact) mass is 543 g/mol. The minimum absolute atomic E-state index is 0. The maximum Gasteiger partial charge on any atom is 0.409 e. The molecule has 1 amide bonds. The number of likely N-dealkylation sites (tertiary alicyclic amines) is 1. The van der Waals surface area contributed by atoms with Gasteiger partial charge in [-0.3, -0.25) is 4.99 Å². The fraction of sp³-hybridized carbons (Fsp3) is 0.652. The van der Waals surface area contributed by atoms with Crippen molar-refractivity contribution in [3.8, 4) is 0 Å². The SMILES string of the molecule is CCNC(=NCC1CCN(CCc2ccccc2)C1)N1CCN(C(=O)OCC)CC1.I. The molecule has 0 aliphatic carbocycles. The Balaban J connectivity index is 0.00000341. The van der Waals surface area contributed by atoms with Crippen LogP contribution in [0.4, 0.5) is 4.79 Å². The van der Waals surface area contributed by atoms with E-state index in [0.29, 0.717) is 25.6 Å². The van der Waals surface area contributed by atoms with Crippen molar-refractivity contribution in [1.82, 2.24) is 20.0 Å². The highest BCUT2D eigenvalue weighted by Gasteiger charge is 2.25. The van der Waals surface area contributed by atoms with Crippen molar-refractivity contribution in [3.05, 3.63) is 35.9 Å². The Hall–Kier alpha value is -1.55. The molecule has 31 heavy (non-hydrogen) atoms. The van der Waals surface area contributed by atoms with Crippen molar-refractivity contribution in [2.24, 2.45) is 10.9 Å². The van der Waals surface area contributed by atoms with Crippen LogP contribution in [0.1, 0.15) is 25.8 Å². The van der Waals surface area contributed by atoms with Crippen molar-refractivity contribution in [1.29, 1.82) is 0 Å². The molecule has 0 spiro atoms. The van der Waals surface area contributed by atoms with Gasteiger partial charge in [0.15, 0.2) is 5.96 Å². The molecule has 1 N–H and O–H groups in total. The number of carbonyl (C=O) groups is 1. The summed E-state index contributed by atoms with van der Waals surface area (Å²) in [5.41, 5.74) is 1.41. The number of guanidine groups is 1. The van der Waals surface area contributed by atoms with Crippen LogP contribution >= 0.6 is 24.0 Å². The number of amides is 1. The summed E-state index contributed by atoms with van der Waals surface area (Å²) in [7, 11) is 0. The van der Waals surface area contributed by atoms with E-state index in [4.69, 9.17) is 9.73 Å². The number of halogens is 1.